The molecular formula is C19H20F3N3O3S2. The van der Waals surface area contributed by atoms with Crippen LogP contribution in [0.15, 0.2) is 36.4 Å². The molecule has 1 aromatic heterocycles. The van der Waals surface area contributed by atoms with Crippen LogP contribution < -0.4 is 10.0 Å². The lowest BCUT2D eigenvalue weighted by Crippen LogP contribution is -2.57. The smallest absolute Gasteiger partial charge is 0.347 e. The Bertz CT molecular complexity index is 1030. The van der Waals surface area contributed by atoms with E-state index in [1.165, 1.54) is 40.3 Å². The lowest BCUT2D eigenvalue weighted by molar-refractivity contribution is -0.0429. The molecule has 6 nitrogen and oxygen atoms in total. The Balaban J connectivity index is 1.42. The molecule has 4 heterocycles. The minimum atomic E-state index is -5.46. The maximum atomic E-state index is 12.6. The van der Waals surface area contributed by atoms with Crippen molar-refractivity contribution in [2.45, 2.75) is 24.4 Å². The van der Waals surface area contributed by atoms with E-state index in [4.69, 9.17) is 0 Å². The van der Waals surface area contributed by atoms with E-state index in [9.17, 15) is 26.4 Å². The summed E-state index contributed by atoms with van der Waals surface area (Å²) >= 11 is 1.28. The number of rotatable bonds is 5. The van der Waals surface area contributed by atoms with Gasteiger partial charge in [0.25, 0.3) is 5.91 Å². The zero-order chi connectivity index (χ0) is 21.5. The van der Waals surface area contributed by atoms with Crippen LogP contribution in [0.1, 0.15) is 22.5 Å². The highest BCUT2D eigenvalue weighted by Gasteiger charge is 2.46. The summed E-state index contributed by atoms with van der Waals surface area (Å²) in [5.74, 6) is 0.394. The number of nitrogens with zero attached hydrogens (tertiary/aromatic N) is 1. The van der Waals surface area contributed by atoms with Gasteiger partial charge in [-0.3, -0.25) is 9.52 Å². The fourth-order valence-electron chi connectivity index (χ4n) is 3.90. The number of amides is 1. The molecule has 1 atom stereocenters. The Morgan fingerprint density at radius 2 is 1.73 bits per heavy atom. The van der Waals surface area contributed by atoms with Gasteiger partial charge in [0, 0.05) is 23.2 Å². The van der Waals surface area contributed by atoms with Crippen molar-refractivity contribution >= 4 is 33.0 Å². The van der Waals surface area contributed by atoms with Crippen molar-refractivity contribution in [2.75, 3.05) is 24.4 Å². The Hall–Kier alpha value is -2.11. The molecule has 0 aliphatic carbocycles. The number of sulfonamides is 1. The van der Waals surface area contributed by atoms with Crippen LogP contribution in [-0.2, 0) is 10.0 Å². The third kappa shape index (κ3) is 4.33. The number of fused-ring (bicyclic) bond motifs is 3. The number of benzene rings is 1. The molecule has 1 amide bonds. The van der Waals surface area contributed by atoms with Crippen molar-refractivity contribution in [1.29, 1.82) is 0 Å². The van der Waals surface area contributed by atoms with Gasteiger partial charge in [0.1, 0.15) is 0 Å². The van der Waals surface area contributed by atoms with Gasteiger partial charge in [-0.1, -0.05) is 12.1 Å². The minimum Gasteiger partial charge on any atom is -0.347 e. The van der Waals surface area contributed by atoms with Gasteiger partial charge in [-0.2, -0.15) is 21.6 Å². The van der Waals surface area contributed by atoms with Crippen molar-refractivity contribution in [3.05, 3.63) is 41.3 Å². The van der Waals surface area contributed by atoms with Gasteiger partial charge in [0.2, 0.25) is 0 Å². The standard InChI is InChI=1S/C19H20F3N3O3S2/c20-19(21,22)30(27,28)24-14-3-1-13(2-4-14)16-5-6-17(29-16)18(26)23-15-11-25-9-7-12(15)8-10-25/h1-6,12,15,24H,7-11H2,(H,23,26)/t15-/m0/s1. The summed E-state index contributed by atoms with van der Waals surface area (Å²) in [7, 11) is -5.46. The fraction of sp³-hybridized carbons (Fsp3) is 0.421. The SMILES string of the molecule is O=C(N[C@H]1CN2CCC1CC2)c1ccc(-c2ccc(NS(=O)(=O)C(F)(F)F)cc2)s1. The van der Waals surface area contributed by atoms with Crippen LogP contribution in [-0.4, -0.2) is 50.4 Å². The second kappa shape index (κ2) is 7.86. The number of carbonyl (C=O) groups is 1. The number of thiophene rings is 1. The van der Waals surface area contributed by atoms with Gasteiger partial charge in [0.05, 0.1) is 4.88 Å². The molecule has 3 aliphatic rings. The lowest BCUT2D eigenvalue weighted by atomic mass is 9.84. The molecule has 30 heavy (non-hydrogen) atoms. The summed E-state index contributed by atoms with van der Waals surface area (Å²) in [5.41, 5.74) is -4.89. The average molecular weight is 460 g/mol. The predicted molar refractivity (Wildman–Crippen MR) is 109 cm³/mol. The van der Waals surface area contributed by atoms with E-state index in [1.807, 2.05) is 0 Å². The summed E-state index contributed by atoms with van der Waals surface area (Å²) < 4.78 is 61.3. The molecule has 2 aromatic rings. The van der Waals surface area contributed by atoms with E-state index in [1.54, 1.807) is 12.1 Å². The molecule has 2 bridgehead atoms. The van der Waals surface area contributed by atoms with Crippen LogP contribution in [0.25, 0.3) is 10.4 Å². The van der Waals surface area contributed by atoms with Crippen LogP contribution in [0.4, 0.5) is 18.9 Å². The first-order valence-corrected chi connectivity index (χ1v) is 11.7. The number of piperidine rings is 3. The molecule has 3 fully saturated rings. The van der Waals surface area contributed by atoms with Crippen LogP contribution in [0.5, 0.6) is 0 Å². The summed E-state index contributed by atoms with van der Waals surface area (Å²) in [4.78, 5) is 16.3. The Morgan fingerprint density at radius 3 is 2.30 bits per heavy atom. The second-order valence-corrected chi connectivity index (χ2v) is 10.3. The van der Waals surface area contributed by atoms with Crippen molar-refractivity contribution < 1.29 is 26.4 Å². The minimum absolute atomic E-state index is 0.125. The fourth-order valence-corrected chi connectivity index (χ4v) is 5.38. The highest BCUT2D eigenvalue weighted by atomic mass is 32.2. The lowest BCUT2D eigenvalue weighted by Gasteiger charge is -2.44. The van der Waals surface area contributed by atoms with Gasteiger partial charge in [-0.15, -0.1) is 11.3 Å². The highest BCUT2D eigenvalue weighted by Crippen LogP contribution is 2.32. The van der Waals surface area contributed by atoms with Crippen LogP contribution in [0.2, 0.25) is 0 Å². The number of halogens is 3. The van der Waals surface area contributed by atoms with Crippen molar-refractivity contribution in [3.63, 3.8) is 0 Å². The molecule has 0 radical (unpaired) electrons. The topological polar surface area (TPSA) is 78.5 Å². The Morgan fingerprint density at radius 1 is 1.07 bits per heavy atom. The highest BCUT2D eigenvalue weighted by molar-refractivity contribution is 7.93. The van der Waals surface area contributed by atoms with Crippen LogP contribution in [0.3, 0.4) is 0 Å². The maximum Gasteiger partial charge on any atom is 0.516 e. The molecule has 11 heteroatoms. The van der Waals surface area contributed by atoms with E-state index >= 15 is 0 Å². The summed E-state index contributed by atoms with van der Waals surface area (Å²) in [6, 6.07) is 9.18. The van der Waals surface area contributed by atoms with Crippen LogP contribution in [0, 0.1) is 5.92 Å². The first kappa shape index (κ1) is 21.1. The molecule has 5 rings (SSSR count). The van der Waals surface area contributed by atoms with E-state index in [0.717, 1.165) is 37.4 Å². The van der Waals surface area contributed by atoms with Crippen molar-refractivity contribution in [1.82, 2.24) is 10.2 Å². The van der Waals surface area contributed by atoms with Crippen LogP contribution >= 0.6 is 11.3 Å². The summed E-state index contributed by atoms with van der Waals surface area (Å²) in [6.45, 7) is 3.06. The predicted octanol–water partition coefficient (Wildman–Crippen LogP) is 3.50. The Labute approximate surface area is 176 Å². The monoisotopic (exact) mass is 459 g/mol. The quantitative estimate of drug-likeness (QED) is 0.718. The van der Waals surface area contributed by atoms with Gasteiger partial charge in [-0.05, 0) is 61.7 Å². The third-order valence-corrected chi connectivity index (χ3v) is 7.78. The molecule has 3 aliphatic heterocycles. The number of nitrogens with one attached hydrogen (secondary N) is 2. The zero-order valence-electron chi connectivity index (χ0n) is 15.8. The summed E-state index contributed by atoms with van der Waals surface area (Å²) in [6.07, 6.45) is 2.20. The third-order valence-electron chi connectivity index (χ3n) is 5.53. The molecule has 0 unspecified atom stereocenters. The maximum absolute atomic E-state index is 12.6. The van der Waals surface area contributed by atoms with E-state index in [0.29, 0.717) is 16.4 Å². The van der Waals surface area contributed by atoms with Gasteiger partial charge in [0.15, 0.2) is 0 Å². The molecular weight excluding hydrogens is 439 g/mol. The Kier molecular flexibility index (Phi) is 5.54. The second-order valence-electron chi connectivity index (χ2n) is 7.51. The molecule has 1 aromatic carbocycles. The molecule has 0 spiro atoms. The molecule has 3 saturated heterocycles. The zero-order valence-corrected chi connectivity index (χ0v) is 17.4. The average Bonchev–Trinajstić information content (AvgIpc) is 3.19. The van der Waals surface area contributed by atoms with E-state index in [2.05, 4.69) is 10.2 Å². The molecule has 0 saturated carbocycles. The number of carbonyl (C=O) groups excluding carboxylic acids is 1. The van der Waals surface area contributed by atoms with Gasteiger partial charge < -0.3 is 10.2 Å². The first-order valence-electron chi connectivity index (χ1n) is 9.45. The molecule has 2 N–H and O–H groups in total. The van der Waals surface area contributed by atoms with E-state index in [-0.39, 0.29) is 17.6 Å². The van der Waals surface area contributed by atoms with E-state index < -0.39 is 15.5 Å². The summed E-state index contributed by atoms with van der Waals surface area (Å²) in [5, 5.41) is 3.13. The molecule has 162 valence electrons. The normalized spacial score (nSPS) is 23.9. The number of alkyl halides is 3. The van der Waals surface area contributed by atoms with Gasteiger partial charge >= 0.3 is 15.5 Å². The van der Waals surface area contributed by atoms with Crippen molar-refractivity contribution in [3.8, 4) is 10.4 Å². The first-order chi connectivity index (χ1) is 14.1. The van der Waals surface area contributed by atoms with Crippen molar-refractivity contribution in [2.24, 2.45) is 5.92 Å². The number of anilines is 1. The largest absolute Gasteiger partial charge is 0.516 e. The number of hydrogen-bond acceptors (Lipinski definition) is 5. The number of hydrogen-bond donors (Lipinski definition) is 2. The van der Waals surface area contributed by atoms with Gasteiger partial charge in [-0.25, -0.2) is 0 Å².